The van der Waals surface area contributed by atoms with Crippen LogP contribution in [0.1, 0.15) is 36.5 Å². The van der Waals surface area contributed by atoms with Crippen LogP contribution in [0.4, 0.5) is 11.5 Å². The molecule has 2 aromatic rings. The number of para-hydroxylation sites is 1. The molecule has 4 heterocycles. The zero-order valence-corrected chi connectivity index (χ0v) is 23.3. The molecule has 1 atom stereocenters. The summed E-state index contributed by atoms with van der Waals surface area (Å²) in [5.74, 6) is 0.605. The average molecular weight is 550 g/mol. The first-order valence-electron chi connectivity index (χ1n) is 13.0. The Balaban J connectivity index is 1.51. The molecule has 8 nitrogen and oxygen atoms in total. The van der Waals surface area contributed by atoms with Gasteiger partial charge < -0.3 is 14.5 Å². The van der Waals surface area contributed by atoms with Crippen LogP contribution < -0.4 is 15.4 Å². The molecule has 0 aliphatic carbocycles. The second-order valence-corrected chi connectivity index (χ2v) is 11.3. The smallest absolute Gasteiger partial charge is 0.270 e. The lowest BCUT2D eigenvalue weighted by Crippen LogP contribution is -2.48. The van der Waals surface area contributed by atoms with E-state index in [1.807, 2.05) is 31.2 Å². The van der Waals surface area contributed by atoms with Crippen molar-refractivity contribution >= 4 is 51.8 Å². The number of aromatic nitrogens is 1. The van der Waals surface area contributed by atoms with Gasteiger partial charge in [0.2, 0.25) is 0 Å². The van der Waals surface area contributed by atoms with E-state index in [0.29, 0.717) is 47.6 Å². The highest BCUT2D eigenvalue weighted by Crippen LogP contribution is 2.37. The maximum absolute atomic E-state index is 13.4. The Hall–Kier alpha value is -3.13. The molecule has 0 bridgehead atoms. The fourth-order valence-electron chi connectivity index (χ4n) is 5.37. The molecule has 38 heavy (non-hydrogen) atoms. The van der Waals surface area contributed by atoms with Crippen LogP contribution in [0.2, 0.25) is 0 Å². The van der Waals surface area contributed by atoms with Crippen molar-refractivity contribution in [2.24, 2.45) is 0 Å². The number of ether oxygens (including phenoxy) is 1. The number of pyridine rings is 1. The van der Waals surface area contributed by atoms with E-state index >= 15 is 0 Å². The number of carbonyl (C=O) groups is 1. The molecule has 1 aromatic heterocycles. The third-order valence-electron chi connectivity index (χ3n) is 7.42. The van der Waals surface area contributed by atoms with E-state index in [2.05, 4.69) is 28.0 Å². The number of hydrogen-bond acceptors (Lipinski definition) is 8. The summed E-state index contributed by atoms with van der Waals surface area (Å²) in [7, 11) is 0. The molecule has 1 amide bonds. The number of thioether (sulfide) groups is 1. The molecule has 3 fully saturated rings. The Labute approximate surface area is 232 Å². The molecule has 0 saturated carbocycles. The van der Waals surface area contributed by atoms with Crippen LogP contribution in [0.3, 0.4) is 0 Å². The Kier molecular flexibility index (Phi) is 7.88. The third-order valence-corrected chi connectivity index (χ3v) is 8.80. The zero-order chi connectivity index (χ0) is 26.8. The minimum Gasteiger partial charge on any atom is -0.376 e. The quantitative estimate of drug-likeness (QED) is 0.398. The van der Waals surface area contributed by atoms with Crippen molar-refractivity contribution in [2.75, 3.05) is 49.1 Å². The molecule has 0 N–H and O–H groups in total. The van der Waals surface area contributed by atoms with Crippen molar-refractivity contribution in [3.05, 3.63) is 62.3 Å². The van der Waals surface area contributed by atoms with Crippen molar-refractivity contribution in [3.8, 4) is 6.07 Å². The first-order chi connectivity index (χ1) is 18.4. The minimum atomic E-state index is -0.295. The van der Waals surface area contributed by atoms with Gasteiger partial charge in [0.1, 0.15) is 21.8 Å². The fraction of sp³-hybridized carbons (Fsp3) is 0.429. The number of rotatable bonds is 6. The van der Waals surface area contributed by atoms with Gasteiger partial charge in [0, 0.05) is 50.6 Å². The largest absolute Gasteiger partial charge is 0.376 e. The van der Waals surface area contributed by atoms with E-state index in [-0.39, 0.29) is 23.1 Å². The Morgan fingerprint density at radius 2 is 1.87 bits per heavy atom. The molecule has 3 aliphatic rings. The zero-order valence-electron chi connectivity index (χ0n) is 21.7. The molecule has 5 rings (SSSR count). The number of amides is 1. The SMILES string of the molecule is CCn1c(N2CCN(c3ccccc3)CC2)c(C=C2SC(=S)N(CC3CCCO3)C2=O)c(C)c(C#N)c1=O. The van der Waals surface area contributed by atoms with Gasteiger partial charge in [-0.1, -0.05) is 42.2 Å². The van der Waals surface area contributed by atoms with Gasteiger partial charge in [0.25, 0.3) is 11.5 Å². The number of carbonyl (C=O) groups excluding carboxylic acids is 1. The van der Waals surface area contributed by atoms with Gasteiger partial charge in [-0.05, 0) is 50.5 Å². The van der Waals surface area contributed by atoms with Crippen LogP contribution in [-0.2, 0) is 16.1 Å². The molecule has 198 valence electrons. The van der Waals surface area contributed by atoms with Gasteiger partial charge in [-0.15, -0.1) is 0 Å². The fourth-order valence-corrected chi connectivity index (χ4v) is 6.63. The molecule has 0 spiro atoms. The van der Waals surface area contributed by atoms with Crippen LogP contribution in [0.25, 0.3) is 6.08 Å². The highest BCUT2D eigenvalue weighted by atomic mass is 32.2. The number of nitrogens with zero attached hydrogens (tertiary/aromatic N) is 5. The Morgan fingerprint density at radius 3 is 2.50 bits per heavy atom. The van der Waals surface area contributed by atoms with Gasteiger partial charge in [-0.3, -0.25) is 19.1 Å². The van der Waals surface area contributed by atoms with Gasteiger partial charge in [-0.2, -0.15) is 5.26 Å². The van der Waals surface area contributed by atoms with Gasteiger partial charge in [0.15, 0.2) is 0 Å². The lowest BCUT2D eigenvalue weighted by molar-refractivity contribution is -0.123. The normalized spacial score (nSPS) is 21.0. The molecule has 3 saturated heterocycles. The lowest BCUT2D eigenvalue weighted by atomic mass is 10.0. The summed E-state index contributed by atoms with van der Waals surface area (Å²) >= 11 is 6.83. The summed E-state index contributed by atoms with van der Waals surface area (Å²) in [6, 6.07) is 12.4. The van der Waals surface area contributed by atoms with E-state index in [0.717, 1.165) is 37.3 Å². The van der Waals surface area contributed by atoms with Crippen LogP contribution in [0.15, 0.2) is 40.0 Å². The lowest BCUT2D eigenvalue weighted by Gasteiger charge is -2.39. The standard InChI is InChI=1S/C28H31N5O3S2/c1-3-32-25(31-13-11-30(12-14-31)20-8-5-4-6-9-20)22(19(2)23(17-29)26(32)34)16-24-27(35)33(28(37)38-24)18-21-10-7-15-36-21/h4-6,8-9,16,21H,3,7,10-15,18H2,1-2H3. The second kappa shape index (κ2) is 11.3. The summed E-state index contributed by atoms with van der Waals surface area (Å²) in [6.45, 7) is 8.30. The van der Waals surface area contributed by atoms with E-state index in [9.17, 15) is 14.9 Å². The number of nitriles is 1. The van der Waals surface area contributed by atoms with Crippen molar-refractivity contribution < 1.29 is 9.53 Å². The highest BCUT2D eigenvalue weighted by molar-refractivity contribution is 8.26. The number of thiocarbonyl (C=S) groups is 1. The molecule has 1 aromatic carbocycles. The maximum atomic E-state index is 13.4. The third kappa shape index (κ3) is 4.98. The number of benzene rings is 1. The van der Waals surface area contributed by atoms with E-state index in [1.165, 1.54) is 17.4 Å². The minimum absolute atomic E-state index is 0.00208. The monoisotopic (exact) mass is 549 g/mol. The van der Waals surface area contributed by atoms with Crippen molar-refractivity contribution in [2.45, 2.75) is 39.3 Å². The number of anilines is 2. The van der Waals surface area contributed by atoms with Crippen molar-refractivity contribution in [3.63, 3.8) is 0 Å². The van der Waals surface area contributed by atoms with E-state index in [4.69, 9.17) is 17.0 Å². The number of hydrogen-bond donors (Lipinski definition) is 0. The summed E-state index contributed by atoms with van der Waals surface area (Å²) < 4.78 is 7.91. The summed E-state index contributed by atoms with van der Waals surface area (Å²) in [5.41, 5.74) is 2.31. The Bertz CT molecular complexity index is 1370. The first kappa shape index (κ1) is 26.5. The summed E-state index contributed by atoms with van der Waals surface area (Å²) in [6.07, 6.45) is 3.74. The topological polar surface area (TPSA) is 81.8 Å². The maximum Gasteiger partial charge on any atom is 0.270 e. The van der Waals surface area contributed by atoms with Gasteiger partial charge in [0.05, 0.1) is 17.6 Å². The van der Waals surface area contributed by atoms with Crippen LogP contribution >= 0.6 is 24.0 Å². The summed E-state index contributed by atoms with van der Waals surface area (Å²) in [5, 5.41) is 9.84. The van der Waals surface area contributed by atoms with Gasteiger partial charge >= 0.3 is 0 Å². The van der Waals surface area contributed by atoms with Gasteiger partial charge in [-0.25, -0.2) is 0 Å². The van der Waals surface area contributed by atoms with Crippen molar-refractivity contribution in [1.82, 2.24) is 9.47 Å². The van der Waals surface area contributed by atoms with Crippen molar-refractivity contribution in [1.29, 1.82) is 5.26 Å². The average Bonchev–Trinajstić information content (AvgIpc) is 3.55. The highest BCUT2D eigenvalue weighted by Gasteiger charge is 2.35. The molecule has 0 radical (unpaired) electrons. The van der Waals surface area contributed by atoms with E-state index in [1.54, 1.807) is 16.4 Å². The van der Waals surface area contributed by atoms with Crippen LogP contribution in [-0.4, -0.2) is 65.1 Å². The van der Waals surface area contributed by atoms with Crippen LogP contribution in [0, 0.1) is 18.3 Å². The first-order valence-corrected chi connectivity index (χ1v) is 14.2. The predicted octanol–water partition coefficient (Wildman–Crippen LogP) is 3.76. The molecule has 10 heteroatoms. The molecular formula is C28H31N5O3S2. The second-order valence-electron chi connectivity index (χ2n) is 9.64. The summed E-state index contributed by atoms with van der Waals surface area (Å²) in [4.78, 5) is 33.4. The molecular weight excluding hydrogens is 518 g/mol. The number of piperazine rings is 1. The molecule has 3 aliphatic heterocycles. The molecule has 1 unspecified atom stereocenters. The predicted molar refractivity (Wildman–Crippen MR) is 156 cm³/mol. The van der Waals surface area contributed by atoms with E-state index < -0.39 is 0 Å². The van der Waals surface area contributed by atoms with Crippen LogP contribution in [0.5, 0.6) is 0 Å². The Morgan fingerprint density at radius 1 is 1.16 bits per heavy atom.